The van der Waals surface area contributed by atoms with Crippen LogP contribution in [0.2, 0.25) is 0 Å². The van der Waals surface area contributed by atoms with E-state index in [1.807, 2.05) is 32.0 Å². The molecule has 1 rings (SSSR count). The average Bonchev–Trinajstić information content (AvgIpc) is 2.13. The highest BCUT2D eigenvalue weighted by atomic mass is 19.1. The molecule has 0 unspecified atom stereocenters. The quantitative estimate of drug-likeness (QED) is 0.538. The Kier molecular flexibility index (Phi) is 13.8. The molecule has 0 N–H and O–H groups in total. The summed E-state index contributed by atoms with van der Waals surface area (Å²) >= 11 is 0. The molecule has 0 fully saturated rings. The number of aryl methyl sites for hydroxylation is 1. The summed E-state index contributed by atoms with van der Waals surface area (Å²) in [4.78, 5) is 0. The summed E-state index contributed by atoms with van der Waals surface area (Å²) in [6.45, 7) is 6.08. The monoisotopic (exact) mass is 156 g/mol. The van der Waals surface area contributed by atoms with Crippen molar-refractivity contribution in [3.05, 3.63) is 35.9 Å². The maximum Gasteiger partial charge on any atom is 0.0785 e. The standard InChI is InChI=1S/C7H8.C2H6.CH3F/c1-7-5-3-2-4-6-7;2*1-2/h2-6H,1H3;1-2H3;1H3. The Morgan fingerprint density at radius 1 is 0.909 bits per heavy atom. The third-order valence-electron chi connectivity index (χ3n) is 0.940. The van der Waals surface area contributed by atoms with Crippen molar-refractivity contribution in [3.63, 3.8) is 0 Å². The van der Waals surface area contributed by atoms with Crippen LogP contribution in [0.1, 0.15) is 19.4 Å². The molecule has 0 heterocycles. The van der Waals surface area contributed by atoms with Crippen molar-refractivity contribution in [2.24, 2.45) is 0 Å². The third-order valence-corrected chi connectivity index (χ3v) is 0.940. The molecule has 0 spiro atoms. The zero-order valence-corrected chi connectivity index (χ0v) is 7.76. The number of rotatable bonds is 0. The van der Waals surface area contributed by atoms with Crippen molar-refractivity contribution in [1.82, 2.24) is 0 Å². The van der Waals surface area contributed by atoms with Crippen molar-refractivity contribution in [3.8, 4) is 0 Å². The molecule has 0 radical (unpaired) electrons. The maximum atomic E-state index is 9.50. The van der Waals surface area contributed by atoms with Gasteiger partial charge in [-0.15, -0.1) is 0 Å². The summed E-state index contributed by atoms with van der Waals surface area (Å²) < 4.78 is 9.50. The van der Waals surface area contributed by atoms with Crippen LogP contribution >= 0.6 is 0 Å². The van der Waals surface area contributed by atoms with Gasteiger partial charge in [0.05, 0.1) is 7.18 Å². The van der Waals surface area contributed by atoms with Gasteiger partial charge >= 0.3 is 0 Å². The number of alkyl halides is 1. The predicted molar refractivity (Wildman–Crippen MR) is 49.6 cm³/mol. The molecule has 0 aliphatic rings. The second-order valence-corrected chi connectivity index (χ2v) is 1.65. The molecule has 0 bridgehead atoms. The van der Waals surface area contributed by atoms with E-state index < -0.39 is 0 Å². The Bertz CT molecular complexity index is 135. The number of hydrogen-bond donors (Lipinski definition) is 0. The second kappa shape index (κ2) is 11.9. The maximum absolute atomic E-state index is 9.50. The molecule has 0 amide bonds. The molecule has 0 aliphatic heterocycles. The van der Waals surface area contributed by atoms with Crippen molar-refractivity contribution in [2.45, 2.75) is 20.8 Å². The van der Waals surface area contributed by atoms with E-state index in [1.54, 1.807) is 0 Å². The Hall–Kier alpha value is -0.850. The zero-order chi connectivity index (χ0) is 9.11. The van der Waals surface area contributed by atoms with Crippen molar-refractivity contribution >= 4 is 0 Å². The first-order chi connectivity index (χ1) is 5.39. The van der Waals surface area contributed by atoms with Crippen LogP contribution < -0.4 is 0 Å². The summed E-state index contributed by atoms with van der Waals surface area (Å²) in [5.74, 6) is 0. The van der Waals surface area contributed by atoms with E-state index in [2.05, 4.69) is 19.1 Å². The van der Waals surface area contributed by atoms with Gasteiger partial charge in [-0.1, -0.05) is 49.7 Å². The van der Waals surface area contributed by atoms with Crippen LogP contribution in [-0.2, 0) is 0 Å². The Labute approximate surface area is 69.1 Å². The largest absolute Gasteiger partial charge is 0.255 e. The Morgan fingerprint density at radius 2 is 1.27 bits per heavy atom. The van der Waals surface area contributed by atoms with Crippen LogP contribution in [0.4, 0.5) is 4.39 Å². The molecule has 1 heteroatoms. The van der Waals surface area contributed by atoms with E-state index >= 15 is 0 Å². The van der Waals surface area contributed by atoms with E-state index in [-0.39, 0.29) is 0 Å². The van der Waals surface area contributed by atoms with Gasteiger partial charge in [-0.2, -0.15) is 0 Å². The molecule has 0 nitrogen and oxygen atoms in total. The topological polar surface area (TPSA) is 0 Å². The lowest BCUT2D eigenvalue weighted by molar-refractivity contribution is 0.636. The minimum atomic E-state index is 0.500. The van der Waals surface area contributed by atoms with Gasteiger partial charge in [-0.3, -0.25) is 4.39 Å². The highest BCUT2D eigenvalue weighted by Gasteiger charge is 1.72. The zero-order valence-electron chi connectivity index (χ0n) is 7.76. The normalized spacial score (nSPS) is 6.64. The van der Waals surface area contributed by atoms with Gasteiger partial charge in [0.25, 0.3) is 0 Å². The number of halogens is 1. The predicted octanol–water partition coefficient (Wildman–Crippen LogP) is 3.61. The first-order valence-electron chi connectivity index (χ1n) is 3.79. The van der Waals surface area contributed by atoms with E-state index in [4.69, 9.17) is 0 Å². The number of benzene rings is 1. The van der Waals surface area contributed by atoms with Crippen LogP contribution in [0.3, 0.4) is 0 Å². The van der Waals surface area contributed by atoms with Crippen LogP contribution in [0.15, 0.2) is 30.3 Å². The molecule has 1 aromatic carbocycles. The van der Waals surface area contributed by atoms with Crippen LogP contribution in [-0.4, -0.2) is 7.18 Å². The Morgan fingerprint density at radius 3 is 1.45 bits per heavy atom. The lowest BCUT2D eigenvalue weighted by Crippen LogP contribution is -1.62. The third kappa shape index (κ3) is 9.15. The Balaban J connectivity index is 0. The fraction of sp³-hybridized carbons (Fsp3) is 0.400. The first-order valence-corrected chi connectivity index (χ1v) is 3.79. The van der Waals surface area contributed by atoms with Gasteiger partial charge in [-0.25, -0.2) is 0 Å². The molecule has 64 valence electrons. The fourth-order valence-corrected chi connectivity index (χ4v) is 0.534. The van der Waals surface area contributed by atoms with Crippen LogP contribution in [0, 0.1) is 6.92 Å². The van der Waals surface area contributed by atoms with Gasteiger partial charge in [0.15, 0.2) is 0 Å². The van der Waals surface area contributed by atoms with E-state index in [0.717, 1.165) is 0 Å². The molecular weight excluding hydrogens is 139 g/mol. The summed E-state index contributed by atoms with van der Waals surface area (Å²) in [6, 6.07) is 10.3. The number of hydrogen-bond acceptors (Lipinski definition) is 0. The highest BCUT2D eigenvalue weighted by molar-refractivity contribution is 5.11. The summed E-state index contributed by atoms with van der Waals surface area (Å²) in [5, 5.41) is 0. The molecule has 0 aromatic heterocycles. The smallest absolute Gasteiger partial charge is 0.0785 e. The van der Waals surface area contributed by atoms with Gasteiger partial charge in [-0.05, 0) is 6.92 Å². The van der Waals surface area contributed by atoms with E-state index in [0.29, 0.717) is 7.18 Å². The van der Waals surface area contributed by atoms with E-state index in [1.165, 1.54) is 5.56 Å². The molecule has 0 aliphatic carbocycles. The lowest BCUT2D eigenvalue weighted by Gasteiger charge is -1.82. The molecule has 0 saturated carbocycles. The van der Waals surface area contributed by atoms with Gasteiger partial charge < -0.3 is 0 Å². The molecule has 11 heavy (non-hydrogen) atoms. The summed E-state index contributed by atoms with van der Waals surface area (Å²) in [7, 11) is 0.500. The lowest BCUT2D eigenvalue weighted by atomic mass is 10.2. The summed E-state index contributed by atoms with van der Waals surface area (Å²) in [6.07, 6.45) is 0. The molecule has 1 aromatic rings. The average molecular weight is 156 g/mol. The van der Waals surface area contributed by atoms with E-state index in [9.17, 15) is 4.39 Å². The minimum Gasteiger partial charge on any atom is -0.255 e. The van der Waals surface area contributed by atoms with Crippen molar-refractivity contribution in [1.29, 1.82) is 0 Å². The van der Waals surface area contributed by atoms with Gasteiger partial charge in [0.1, 0.15) is 0 Å². The van der Waals surface area contributed by atoms with Gasteiger partial charge in [0, 0.05) is 0 Å². The van der Waals surface area contributed by atoms with Gasteiger partial charge in [0.2, 0.25) is 0 Å². The highest BCUT2D eigenvalue weighted by Crippen LogP contribution is 1.92. The molecule has 0 atom stereocenters. The minimum absolute atomic E-state index is 0.500. The molecule has 0 saturated heterocycles. The van der Waals surface area contributed by atoms with Crippen LogP contribution in [0.5, 0.6) is 0 Å². The second-order valence-electron chi connectivity index (χ2n) is 1.65. The molecular formula is C10H17F. The van der Waals surface area contributed by atoms with Crippen molar-refractivity contribution < 1.29 is 4.39 Å². The van der Waals surface area contributed by atoms with Crippen molar-refractivity contribution in [2.75, 3.05) is 7.18 Å². The fourth-order valence-electron chi connectivity index (χ4n) is 0.534. The summed E-state index contributed by atoms with van der Waals surface area (Å²) in [5.41, 5.74) is 1.32. The van der Waals surface area contributed by atoms with Crippen LogP contribution in [0.25, 0.3) is 0 Å². The SMILES string of the molecule is CC.CF.Cc1ccccc1. The first kappa shape index (κ1) is 12.8.